The maximum Gasteiger partial charge on any atom is 0.389 e. The fourth-order valence-electron chi connectivity index (χ4n) is 6.06. The second-order valence-electron chi connectivity index (χ2n) is 12.4. The summed E-state index contributed by atoms with van der Waals surface area (Å²) in [5.74, 6) is -0.235. The highest BCUT2D eigenvalue weighted by atomic mass is 32.2. The van der Waals surface area contributed by atoms with Gasteiger partial charge in [-0.05, 0) is 71.0 Å². The number of halogens is 3. The summed E-state index contributed by atoms with van der Waals surface area (Å²) in [6.07, 6.45) is 11.3. The van der Waals surface area contributed by atoms with Gasteiger partial charge in [0.2, 0.25) is 0 Å². The predicted molar refractivity (Wildman–Crippen MR) is 181 cm³/mol. The van der Waals surface area contributed by atoms with Crippen LogP contribution in [0, 0.1) is 0 Å². The fourth-order valence-corrected chi connectivity index (χ4v) is 6.63. The van der Waals surface area contributed by atoms with Crippen LogP contribution in [0.15, 0.2) is 66.7 Å². The maximum atomic E-state index is 11.8. The Balaban J connectivity index is 0.000000281. The average Bonchev–Trinajstić information content (AvgIpc) is 3.38. The summed E-state index contributed by atoms with van der Waals surface area (Å²) in [6.45, 7) is 2.28. The Morgan fingerprint density at radius 2 is 1.20 bits per heavy atom. The molecule has 1 N–H and O–H groups in total. The summed E-state index contributed by atoms with van der Waals surface area (Å²) in [6, 6.07) is 25.0. The number of aryl methyl sites for hydroxylation is 1. The Kier molecular flexibility index (Phi) is 15.6. The van der Waals surface area contributed by atoms with E-state index in [0.29, 0.717) is 19.3 Å². The van der Waals surface area contributed by atoms with Crippen LogP contribution in [0.2, 0.25) is 0 Å². The number of fused-ring (bicyclic) bond motifs is 3. The number of hydrogen-bond acceptors (Lipinski definition) is 2. The number of benzene rings is 3. The van der Waals surface area contributed by atoms with Crippen LogP contribution < -0.4 is 0 Å². The highest BCUT2D eigenvalue weighted by Gasteiger charge is 2.25. The average molecular weight is 645 g/mol. The lowest BCUT2D eigenvalue weighted by Crippen LogP contribution is -2.06. The molecule has 0 amide bonds. The third kappa shape index (κ3) is 14.1. The molecule has 0 radical (unpaired) electrons. The van der Waals surface area contributed by atoms with Crippen molar-refractivity contribution >= 4 is 10.1 Å². The van der Waals surface area contributed by atoms with E-state index in [0.717, 1.165) is 25.7 Å². The van der Waals surface area contributed by atoms with Crippen molar-refractivity contribution in [1.82, 2.24) is 0 Å². The molecule has 0 saturated heterocycles. The summed E-state index contributed by atoms with van der Waals surface area (Å²) in [5, 5.41) is 0. The lowest BCUT2D eigenvalue weighted by atomic mass is 9.94. The van der Waals surface area contributed by atoms with E-state index < -0.39 is 22.7 Å². The molecule has 0 spiro atoms. The van der Waals surface area contributed by atoms with Gasteiger partial charge in [-0.25, -0.2) is 0 Å². The molecule has 0 fully saturated rings. The van der Waals surface area contributed by atoms with Gasteiger partial charge in [-0.3, -0.25) is 4.55 Å². The Bertz CT molecular complexity index is 1380. The summed E-state index contributed by atoms with van der Waals surface area (Å²) >= 11 is 0. The molecule has 0 bridgehead atoms. The maximum absolute atomic E-state index is 11.8. The molecule has 1 aliphatic rings. The van der Waals surface area contributed by atoms with Crippen LogP contribution in [-0.4, -0.2) is 24.9 Å². The van der Waals surface area contributed by atoms with Crippen molar-refractivity contribution in [3.8, 4) is 22.3 Å². The van der Waals surface area contributed by atoms with E-state index in [2.05, 4.69) is 73.7 Å². The van der Waals surface area contributed by atoms with Crippen molar-refractivity contribution in [2.45, 2.75) is 122 Å². The van der Waals surface area contributed by atoms with Gasteiger partial charge in [0.05, 0.1) is 5.75 Å². The number of alkyl halides is 3. The Labute approximate surface area is 269 Å². The van der Waals surface area contributed by atoms with E-state index in [1.54, 1.807) is 0 Å². The zero-order valence-electron chi connectivity index (χ0n) is 26.9. The normalized spacial score (nSPS) is 12.4. The van der Waals surface area contributed by atoms with E-state index in [9.17, 15) is 21.6 Å². The van der Waals surface area contributed by atoms with Crippen molar-refractivity contribution in [3.63, 3.8) is 0 Å². The van der Waals surface area contributed by atoms with Crippen molar-refractivity contribution in [2.24, 2.45) is 0 Å². The minimum absolute atomic E-state index is 0.161. The van der Waals surface area contributed by atoms with E-state index in [1.165, 1.54) is 90.3 Å². The molecule has 0 heterocycles. The van der Waals surface area contributed by atoms with Crippen LogP contribution in [0.3, 0.4) is 0 Å². The highest BCUT2D eigenvalue weighted by Crippen LogP contribution is 2.41. The molecule has 1 aliphatic carbocycles. The van der Waals surface area contributed by atoms with Crippen LogP contribution in [0.5, 0.6) is 0 Å². The zero-order chi connectivity index (χ0) is 32.5. The van der Waals surface area contributed by atoms with Gasteiger partial charge >= 0.3 is 6.18 Å². The van der Waals surface area contributed by atoms with Gasteiger partial charge in [0.1, 0.15) is 0 Å². The quantitative estimate of drug-likeness (QED) is 0.0866. The van der Waals surface area contributed by atoms with Crippen LogP contribution in [0.4, 0.5) is 13.2 Å². The van der Waals surface area contributed by atoms with Gasteiger partial charge < -0.3 is 0 Å². The number of rotatable bonds is 18. The van der Waals surface area contributed by atoms with Gasteiger partial charge in [-0.15, -0.1) is 0 Å². The topological polar surface area (TPSA) is 54.4 Å². The second kappa shape index (κ2) is 19.1. The summed E-state index contributed by atoms with van der Waals surface area (Å²) in [7, 11) is -3.87. The third-order valence-electron chi connectivity index (χ3n) is 8.55. The Hall–Kier alpha value is -2.64. The molecule has 7 heteroatoms. The fraction of sp³-hybridized carbons (Fsp3) is 0.526. The molecule has 0 unspecified atom stereocenters. The SMILES string of the molecule is CCCCCCCCCc1ccc(-c2cccc3c2Cc2ccccc2-3)cc1.O=S(=O)(O)CCCCCCCCCC(F)(F)F. The van der Waals surface area contributed by atoms with Crippen LogP contribution >= 0.6 is 0 Å². The minimum atomic E-state index is -4.06. The first-order valence-corrected chi connectivity index (χ1v) is 18.5. The molecule has 0 aromatic heterocycles. The molecule has 4 rings (SSSR count). The number of unbranched alkanes of at least 4 members (excludes halogenated alkanes) is 12. The largest absolute Gasteiger partial charge is 0.389 e. The lowest BCUT2D eigenvalue weighted by molar-refractivity contribution is -0.135. The van der Waals surface area contributed by atoms with E-state index in [-0.39, 0.29) is 12.2 Å². The van der Waals surface area contributed by atoms with Crippen molar-refractivity contribution in [2.75, 3.05) is 5.75 Å². The molecule has 0 atom stereocenters. The lowest BCUT2D eigenvalue weighted by Gasteiger charge is -2.10. The van der Waals surface area contributed by atoms with E-state index in [1.807, 2.05) is 0 Å². The third-order valence-corrected chi connectivity index (χ3v) is 9.35. The summed E-state index contributed by atoms with van der Waals surface area (Å²) in [5.41, 5.74) is 10.0. The Morgan fingerprint density at radius 1 is 0.644 bits per heavy atom. The zero-order valence-corrected chi connectivity index (χ0v) is 27.7. The summed E-state index contributed by atoms with van der Waals surface area (Å²) in [4.78, 5) is 0. The van der Waals surface area contributed by atoms with E-state index in [4.69, 9.17) is 4.55 Å². The number of hydrogen-bond donors (Lipinski definition) is 1. The van der Waals surface area contributed by atoms with Gasteiger partial charge in [0, 0.05) is 6.42 Å². The van der Waals surface area contributed by atoms with Crippen LogP contribution in [-0.2, 0) is 23.0 Å². The molecule has 45 heavy (non-hydrogen) atoms. The monoisotopic (exact) mass is 644 g/mol. The first-order valence-electron chi connectivity index (χ1n) is 16.9. The molecular weight excluding hydrogens is 593 g/mol. The van der Waals surface area contributed by atoms with Crippen LogP contribution in [0.1, 0.15) is 120 Å². The van der Waals surface area contributed by atoms with Gasteiger partial charge in [0.25, 0.3) is 10.1 Å². The minimum Gasteiger partial charge on any atom is -0.286 e. The smallest absolute Gasteiger partial charge is 0.286 e. The first-order chi connectivity index (χ1) is 21.6. The van der Waals surface area contributed by atoms with Crippen molar-refractivity contribution in [1.29, 1.82) is 0 Å². The molecular formula is C38H51F3O3S. The summed E-state index contributed by atoms with van der Waals surface area (Å²) < 4.78 is 64.4. The van der Waals surface area contributed by atoms with Crippen LogP contribution in [0.25, 0.3) is 22.3 Å². The van der Waals surface area contributed by atoms with Gasteiger partial charge in [-0.1, -0.05) is 144 Å². The first kappa shape index (κ1) is 36.8. The highest BCUT2D eigenvalue weighted by molar-refractivity contribution is 7.85. The second-order valence-corrected chi connectivity index (χ2v) is 13.9. The predicted octanol–water partition coefficient (Wildman–Crippen LogP) is 11.8. The molecule has 3 aromatic rings. The molecule has 3 aromatic carbocycles. The van der Waals surface area contributed by atoms with Crippen molar-refractivity contribution < 1.29 is 26.1 Å². The Morgan fingerprint density at radius 3 is 1.84 bits per heavy atom. The molecule has 248 valence electrons. The van der Waals surface area contributed by atoms with Crippen molar-refractivity contribution in [3.05, 3.63) is 83.4 Å². The van der Waals surface area contributed by atoms with E-state index >= 15 is 0 Å². The molecule has 0 saturated carbocycles. The molecule has 3 nitrogen and oxygen atoms in total. The molecule has 0 aliphatic heterocycles. The standard InChI is InChI=1S/C28H32.C10H19F3O3S/c1-2-3-4-5-6-7-8-12-22-17-19-23(20-18-22)25-15-11-16-27-26-14-10-9-13-24(26)21-28(25)27;11-10(12,13)8-6-4-2-1-3-5-7-9-17(14,15)16/h9-11,13-20H,2-8,12,21H2,1H3;1-9H2,(H,14,15,16). The van der Waals surface area contributed by atoms with Gasteiger partial charge in [-0.2, -0.15) is 21.6 Å². The van der Waals surface area contributed by atoms with Gasteiger partial charge in [0.15, 0.2) is 0 Å².